The number of amides is 2. The standard InChI is InChI=1S/C17H20N4O4S/c1-3-20(9-13-8-17(21(24)25)26-11-13)10-16(23)19-15-6-4-14(5-7-15)18-12(2)22/h4-8,11H,3,9-10H2,1-2H3,(H,18,22)(H,19,23). The van der Waals surface area contributed by atoms with E-state index in [0.717, 1.165) is 16.9 Å². The van der Waals surface area contributed by atoms with Gasteiger partial charge in [-0.15, -0.1) is 0 Å². The third kappa shape index (κ3) is 5.94. The molecular formula is C17H20N4O4S. The molecule has 0 radical (unpaired) electrons. The summed E-state index contributed by atoms with van der Waals surface area (Å²) in [5, 5.41) is 18.0. The predicted molar refractivity (Wildman–Crippen MR) is 101 cm³/mol. The van der Waals surface area contributed by atoms with E-state index in [1.54, 1.807) is 29.6 Å². The van der Waals surface area contributed by atoms with Crippen molar-refractivity contribution in [2.24, 2.45) is 0 Å². The maximum absolute atomic E-state index is 12.2. The molecule has 0 aliphatic rings. The quantitative estimate of drug-likeness (QED) is 0.544. The van der Waals surface area contributed by atoms with Gasteiger partial charge in [0.25, 0.3) is 0 Å². The Labute approximate surface area is 155 Å². The van der Waals surface area contributed by atoms with Gasteiger partial charge < -0.3 is 10.6 Å². The highest BCUT2D eigenvalue weighted by atomic mass is 32.1. The van der Waals surface area contributed by atoms with Crippen LogP contribution in [0.15, 0.2) is 35.7 Å². The molecule has 0 fully saturated rings. The van der Waals surface area contributed by atoms with Gasteiger partial charge in [0, 0.05) is 36.3 Å². The number of nitro groups is 1. The Morgan fingerprint density at radius 2 is 1.81 bits per heavy atom. The first-order valence-corrected chi connectivity index (χ1v) is 8.87. The number of anilines is 2. The van der Waals surface area contributed by atoms with Gasteiger partial charge in [0.2, 0.25) is 11.8 Å². The lowest BCUT2D eigenvalue weighted by Crippen LogP contribution is -2.32. The Kier molecular flexibility index (Phi) is 6.81. The van der Waals surface area contributed by atoms with E-state index in [1.807, 2.05) is 11.8 Å². The highest BCUT2D eigenvalue weighted by molar-refractivity contribution is 7.13. The molecule has 2 rings (SSSR count). The molecule has 0 saturated heterocycles. The van der Waals surface area contributed by atoms with E-state index in [4.69, 9.17) is 0 Å². The molecule has 2 N–H and O–H groups in total. The van der Waals surface area contributed by atoms with Crippen LogP contribution >= 0.6 is 11.3 Å². The Bertz CT molecular complexity index is 788. The number of benzene rings is 1. The van der Waals surface area contributed by atoms with E-state index in [-0.39, 0.29) is 23.4 Å². The minimum atomic E-state index is -0.415. The number of hydrogen-bond acceptors (Lipinski definition) is 6. The second-order valence-corrected chi connectivity index (χ2v) is 6.55. The van der Waals surface area contributed by atoms with Crippen LogP contribution in [-0.4, -0.2) is 34.7 Å². The number of carbonyl (C=O) groups is 2. The van der Waals surface area contributed by atoms with Crippen LogP contribution in [0.5, 0.6) is 0 Å². The fraction of sp³-hybridized carbons (Fsp3) is 0.294. The maximum atomic E-state index is 12.2. The zero-order chi connectivity index (χ0) is 19.1. The summed E-state index contributed by atoms with van der Waals surface area (Å²) in [6.07, 6.45) is 0. The summed E-state index contributed by atoms with van der Waals surface area (Å²) in [4.78, 5) is 35.4. The summed E-state index contributed by atoms with van der Waals surface area (Å²) in [5.41, 5.74) is 2.10. The number of nitrogens with one attached hydrogen (secondary N) is 2. The third-order valence-electron chi connectivity index (χ3n) is 3.53. The summed E-state index contributed by atoms with van der Waals surface area (Å²) < 4.78 is 0. The van der Waals surface area contributed by atoms with Crippen molar-refractivity contribution in [2.75, 3.05) is 23.7 Å². The molecule has 138 valence electrons. The van der Waals surface area contributed by atoms with Crippen molar-refractivity contribution < 1.29 is 14.5 Å². The summed E-state index contributed by atoms with van der Waals surface area (Å²) in [6, 6.07) is 8.37. The van der Waals surface area contributed by atoms with Gasteiger partial charge in [-0.2, -0.15) is 0 Å². The molecule has 0 spiro atoms. The molecule has 1 aromatic carbocycles. The van der Waals surface area contributed by atoms with Crippen molar-refractivity contribution in [3.05, 3.63) is 51.4 Å². The lowest BCUT2D eigenvalue weighted by Gasteiger charge is -2.19. The Morgan fingerprint density at radius 3 is 2.31 bits per heavy atom. The molecule has 2 aromatic rings. The second-order valence-electron chi connectivity index (χ2n) is 5.66. The van der Waals surface area contributed by atoms with Gasteiger partial charge in [-0.3, -0.25) is 24.6 Å². The molecule has 0 aliphatic carbocycles. The monoisotopic (exact) mass is 376 g/mol. The summed E-state index contributed by atoms with van der Waals surface area (Å²) >= 11 is 1.08. The van der Waals surface area contributed by atoms with Gasteiger partial charge in [-0.05, 0) is 36.4 Å². The zero-order valence-electron chi connectivity index (χ0n) is 14.5. The van der Waals surface area contributed by atoms with Crippen molar-refractivity contribution in [1.29, 1.82) is 0 Å². The summed E-state index contributed by atoms with van der Waals surface area (Å²) in [5.74, 6) is -0.335. The molecule has 0 unspecified atom stereocenters. The van der Waals surface area contributed by atoms with Crippen LogP contribution in [-0.2, 0) is 16.1 Å². The molecule has 0 aliphatic heterocycles. The topological polar surface area (TPSA) is 105 Å². The zero-order valence-corrected chi connectivity index (χ0v) is 15.3. The maximum Gasteiger partial charge on any atom is 0.324 e. The molecule has 1 aromatic heterocycles. The van der Waals surface area contributed by atoms with Crippen LogP contribution in [0.2, 0.25) is 0 Å². The van der Waals surface area contributed by atoms with Crippen LogP contribution in [0.25, 0.3) is 0 Å². The molecule has 8 nitrogen and oxygen atoms in total. The predicted octanol–water partition coefficient (Wildman–Crippen LogP) is 3.08. The smallest absolute Gasteiger partial charge is 0.324 e. The van der Waals surface area contributed by atoms with Crippen LogP contribution in [0.3, 0.4) is 0 Å². The second kappa shape index (κ2) is 9.07. The number of carbonyl (C=O) groups excluding carboxylic acids is 2. The molecule has 0 atom stereocenters. The van der Waals surface area contributed by atoms with E-state index in [1.165, 1.54) is 13.0 Å². The van der Waals surface area contributed by atoms with Crippen LogP contribution in [0, 0.1) is 10.1 Å². The molecule has 26 heavy (non-hydrogen) atoms. The van der Waals surface area contributed by atoms with Gasteiger partial charge in [-0.1, -0.05) is 18.3 Å². The Balaban J connectivity index is 1.89. The fourth-order valence-electron chi connectivity index (χ4n) is 2.32. The summed E-state index contributed by atoms with van der Waals surface area (Å²) in [6.45, 7) is 4.63. The van der Waals surface area contributed by atoms with Crippen LogP contribution in [0.4, 0.5) is 16.4 Å². The highest BCUT2D eigenvalue weighted by Gasteiger charge is 2.14. The number of thiophene rings is 1. The SMILES string of the molecule is CCN(CC(=O)Nc1ccc(NC(C)=O)cc1)Cc1csc([N+](=O)[O-])c1. The molecule has 2 amide bonds. The minimum absolute atomic E-state index is 0.0970. The largest absolute Gasteiger partial charge is 0.326 e. The van der Waals surface area contributed by atoms with Crippen LogP contribution in [0.1, 0.15) is 19.4 Å². The van der Waals surface area contributed by atoms with E-state index in [2.05, 4.69) is 10.6 Å². The van der Waals surface area contributed by atoms with Crippen molar-refractivity contribution in [3.63, 3.8) is 0 Å². The van der Waals surface area contributed by atoms with Crippen molar-refractivity contribution in [3.8, 4) is 0 Å². The van der Waals surface area contributed by atoms with Crippen molar-refractivity contribution in [2.45, 2.75) is 20.4 Å². The van der Waals surface area contributed by atoms with Crippen molar-refractivity contribution >= 4 is 39.5 Å². The van der Waals surface area contributed by atoms with E-state index >= 15 is 0 Å². The average molecular weight is 376 g/mol. The highest BCUT2D eigenvalue weighted by Crippen LogP contribution is 2.23. The molecule has 1 heterocycles. The lowest BCUT2D eigenvalue weighted by atomic mass is 10.2. The van der Waals surface area contributed by atoms with Gasteiger partial charge in [0.15, 0.2) is 0 Å². The Hall–Kier alpha value is -2.78. The average Bonchev–Trinajstić information content (AvgIpc) is 3.04. The van der Waals surface area contributed by atoms with Gasteiger partial charge in [-0.25, -0.2) is 0 Å². The number of rotatable bonds is 8. The number of nitrogens with zero attached hydrogens (tertiary/aromatic N) is 2. The number of likely N-dealkylation sites (N-methyl/N-ethyl adjacent to an activating group) is 1. The Morgan fingerprint density at radius 1 is 1.19 bits per heavy atom. The molecular weight excluding hydrogens is 356 g/mol. The first-order valence-electron chi connectivity index (χ1n) is 7.99. The molecule has 0 saturated carbocycles. The van der Waals surface area contributed by atoms with Gasteiger partial charge in [0.1, 0.15) is 0 Å². The summed E-state index contributed by atoms with van der Waals surface area (Å²) in [7, 11) is 0. The van der Waals surface area contributed by atoms with Crippen molar-refractivity contribution in [1.82, 2.24) is 4.90 Å². The minimum Gasteiger partial charge on any atom is -0.326 e. The van der Waals surface area contributed by atoms with Gasteiger partial charge >= 0.3 is 5.00 Å². The number of hydrogen-bond donors (Lipinski definition) is 2. The van der Waals surface area contributed by atoms with Crippen LogP contribution < -0.4 is 10.6 Å². The van der Waals surface area contributed by atoms with E-state index in [9.17, 15) is 19.7 Å². The molecule has 9 heteroatoms. The normalized spacial score (nSPS) is 10.6. The fourth-order valence-corrected chi connectivity index (χ4v) is 3.04. The first-order chi connectivity index (χ1) is 12.4. The third-order valence-corrected chi connectivity index (χ3v) is 4.46. The van der Waals surface area contributed by atoms with E-state index in [0.29, 0.717) is 24.5 Å². The van der Waals surface area contributed by atoms with E-state index < -0.39 is 4.92 Å². The first kappa shape index (κ1) is 19.5. The van der Waals surface area contributed by atoms with Gasteiger partial charge in [0.05, 0.1) is 11.5 Å². The molecule has 0 bridgehead atoms. The lowest BCUT2D eigenvalue weighted by molar-refractivity contribution is -0.380.